The van der Waals surface area contributed by atoms with E-state index in [2.05, 4.69) is 59.7 Å². The molecule has 1 atom stereocenters. The molecule has 2 heteroatoms. The Bertz CT molecular complexity index is 578. The zero-order valence-electron chi connectivity index (χ0n) is 10.6. The van der Waals surface area contributed by atoms with Crippen molar-refractivity contribution in [2.24, 2.45) is 5.84 Å². The number of nitrogens with one attached hydrogen (secondary N) is 1. The number of nitrogens with two attached hydrogens (primary N) is 1. The minimum atomic E-state index is 0.207. The molecule has 0 aromatic heterocycles. The lowest BCUT2D eigenvalue weighted by atomic mass is 10.0. The standard InChI is InChI=1S/C16H18N2/c1-2-3-8-16(18-17)12-13-9-10-14-6-4-5-7-15(14)11-13/h4-7,9-11,16,18H,8,12,17H2,1H3. The molecular weight excluding hydrogens is 220 g/mol. The summed E-state index contributed by atoms with van der Waals surface area (Å²) >= 11 is 0. The molecule has 3 N–H and O–H groups in total. The van der Waals surface area contributed by atoms with Crippen molar-refractivity contribution in [3.8, 4) is 11.8 Å². The number of fused-ring (bicyclic) bond motifs is 1. The molecule has 0 bridgehead atoms. The van der Waals surface area contributed by atoms with Gasteiger partial charge >= 0.3 is 0 Å². The fourth-order valence-electron chi connectivity index (χ4n) is 2.07. The lowest BCUT2D eigenvalue weighted by Crippen LogP contribution is -2.36. The van der Waals surface area contributed by atoms with Crippen molar-refractivity contribution in [2.75, 3.05) is 0 Å². The van der Waals surface area contributed by atoms with Crippen molar-refractivity contribution >= 4 is 10.8 Å². The summed E-state index contributed by atoms with van der Waals surface area (Å²) < 4.78 is 0. The summed E-state index contributed by atoms with van der Waals surface area (Å²) in [6, 6.07) is 15.1. The number of benzene rings is 2. The maximum atomic E-state index is 5.56. The molecule has 0 aliphatic heterocycles. The summed E-state index contributed by atoms with van der Waals surface area (Å²) in [5.74, 6) is 11.5. The summed E-state index contributed by atoms with van der Waals surface area (Å²) in [6.07, 6.45) is 1.68. The van der Waals surface area contributed by atoms with Gasteiger partial charge in [0, 0.05) is 12.5 Å². The van der Waals surface area contributed by atoms with E-state index < -0.39 is 0 Å². The third-order valence-electron chi connectivity index (χ3n) is 3.06. The van der Waals surface area contributed by atoms with E-state index in [4.69, 9.17) is 5.84 Å². The molecule has 0 heterocycles. The van der Waals surface area contributed by atoms with Gasteiger partial charge in [-0.25, -0.2) is 0 Å². The average Bonchev–Trinajstić information content (AvgIpc) is 2.43. The summed E-state index contributed by atoms with van der Waals surface area (Å²) in [5.41, 5.74) is 4.12. The molecule has 1 unspecified atom stereocenters. The molecule has 0 saturated carbocycles. The Labute approximate surface area is 108 Å². The minimum Gasteiger partial charge on any atom is -0.271 e. The first-order valence-electron chi connectivity index (χ1n) is 6.17. The monoisotopic (exact) mass is 238 g/mol. The third kappa shape index (κ3) is 3.10. The van der Waals surface area contributed by atoms with E-state index in [0.717, 1.165) is 12.8 Å². The van der Waals surface area contributed by atoms with Gasteiger partial charge in [-0.15, -0.1) is 11.8 Å². The van der Waals surface area contributed by atoms with Crippen molar-refractivity contribution in [1.82, 2.24) is 5.43 Å². The molecule has 2 rings (SSSR count). The van der Waals surface area contributed by atoms with Crippen LogP contribution in [0.1, 0.15) is 18.9 Å². The Kier molecular flexibility index (Phi) is 4.35. The minimum absolute atomic E-state index is 0.207. The Morgan fingerprint density at radius 2 is 1.94 bits per heavy atom. The van der Waals surface area contributed by atoms with E-state index in [0.29, 0.717) is 0 Å². The van der Waals surface area contributed by atoms with Crippen LogP contribution in [0.15, 0.2) is 42.5 Å². The third-order valence-corrected chi connectivity index (χ3v) is 3.06. The first-order valence-corrected chi connectivity index (χ1v) is 6.17. The molecule has 0 aliphatic rings. The predicted molar refractivity (Wildman–Crippen MR) is 76.8 cm³/mol. The van der Waals surface area contributed by atoms with Gasteiger partial charge in [0.05, 0.1) is 0 Å². The van der Waals surface area contributed by atoms with E-state index >= 15 is 0 Å². The molecule has 0 radical (unpaired) electrons. The molecule has 2 nitrogen and oxygen atoms in total. The molecule has 0 saturated heterocycles. The SMILES string of the molecule is CC#CCC(Cc1ccc2ccccc2c1)NN. The molecule has 0 fully saturated rings. The largest absolute Gasteiger partial charge is 0.271 e. The number of hydrogen-bond acceptors (Lipinski definition) is 2. The van der Waals surface area contributed by atoms with Crippen LogP contribution in [0, 0.1) is 11.8 Å². The fourth-order valence-corrected chi connectivity index (χ4v) is 2.07. The highest BCUT2D eigenvalue weighted by molar-refractivity contribution is 5.82. The summed E-state index contributed by atoms with van der Waals surface area (Å²) in [7, 11) is 0. The first-order chi connectivity index (χ1) is 8.83. The Morgan fingerprint density at radius 3 is 2.67 bits per heavy atom. The highest BCUT2D eigenvalue weighted by Crippen LogP contribution is 2.16. The summed E-state index contributed by atoms with van der Waals surface area (Å²) in [4.78, 5) is 0. The molecule has 2 aromatic rings. The van der Waals surface area contributed by atoms with Gasteiger partial charge in [0.25, 0.3) is 0 Å². The van der Waals surface area contributed by atoms with Crippen LogP contribution in [-0.2, 0) is 6.42 Å². The second kappa shape index (κ2) is 6.20. The zero-order valence-corrected chi connectivity index (χ0v) is 10.6. The lowest BCUT2D eigenvalue weighted by Gasteiger charge is -2.13. The van der Waals surface area contributed by atoms with Gasteiger partial charge in [0.15, 0.2) is 0 Å². The number of rotatable bonds is 4. The maximum Gasteiger partial charge on any atom is 0.0360 e. The van der Waals surface area contributed by atoms with Crippen molar-refractivity contribution in [3.63, 3.8) is 0 Å². The van der Waals surface area contributed by atoms with Crippen molar-refractivity contribution in [3.05, 3.63) is 48.0 Å². The van der Waals surface area contributed by atoms with Crippen LogP contribution in [0.3, 0.4) is 0 Å². The lowest BCUT2D eigenvalue weighted by molar-refractivity contribution is 0.537. The van der Waals surface area contributed by atoms with Crippen LogP contribution in [0.4, 0.5) is 0 Å². The van der Waals surface area contributed by atoms with Crippen LogP contribution in [0.25, 0.3) is 10.8 Å². The molecule has 92 valence electrons. The van der Waals surface area contributed by atoms with Crippen LogP contribution in [0.2, 0.25) is 0 Å². The van der Waals surface area contributed by atoms with Gasteiger partial charge in [0.2, 0.25) is 0 Å². The van der Waals surface area contributed by atoms with Crippen LogP contribution < -0.4 is 11.3 Å². The van der Waals surface area contributed by atoms with Crippen molar-refractivity contribution in [2.45, 2.75) is 25.8 Å². The number of hydrogen-bond donors (Lipinski definition) is 2. The van der Waals surface area contributed by atoms with E-state index in [-0.39, 0.29) is 6.04 Å². The van der Waals surface area contributed by atoms with Crippen LogP contribution >= 0.6 is 0 Å². The van der Waals surface area contributed by atoms with Gasteiger partial charge in [-0.3, -0.25) is 11.3 Å². The van der Waals surface area contributed by atoms with Crippen LogP contribution in [0.5, 0.6) is 0 Å². The molecule has 0 aliphatic carbocycles. The quantitative estimate of drug-likeness (QED) is 0.488. The maximum absolute atomic E-state index is 5.56. The highest BCUT2D eigenvalue weighted by atomic mass is 15.2. The molecule has 0 amide bonds. The Balaban J connectivity index is 2.16. The van der Waals surface area contributed by atoms with Gasteiger partial charge in [-0.2, -0.15) is 0 Å². The molecule has 2 aromatic carbocycles. The first kappa shape index (κ1) is 12.6. The predicted octanol–water partition coefficient (Wildman–Crippen LogP) is 2.63. The molecule has 18 heavy (non-hydrogen) atoms. The second-order valence-corrected chi connectivity index (χ2v) is 4.38. The van der Waals surface area contributed by atoms with Gasteiger partial charge in [-0.1, -0.05) is 42.5 Å². The molecular formula is C16H18N2. The second-order valence-electron chi connectivity index (χ2n) is 4.38. The van der Waals surface area contributed by atoms with E-state index in [9.17, 15) is 0 Å². The average molecular weight is 238 g/mol. The molecule has 0 spiro atoms. The zero-order chi connectivity index (χ0) is 12.8. The fraction of sp³-hybridized carbons (Fsp3) is 0.250. The number of hydrazine groups is 1. The van der Waals surface area contributed by atoms with Crippen molar-refractivity contribution in [1.29, 1.82) is 0 Å². The topological polar surface area (TPSA) is 38.0 Å². The van der Waals surface area contributed by atoms with E-state index in [1.807, 2.05) is 6.92 Å². The smallest absolute Gasteiger partial charge is 0.0360 e. The normalized spacial score (nSPS) is 11.9. The van der Waals surface area contributed by atoms with Gasteiger partial charge in [-0.05, 0) is 29.7 Å². The van der Waals surface area contributed by atoms with Gasteiger partial charge < -0.3 is 0 Å². The summed E-state index contributed by atoms with van der Waals surface area (Å²) in [6.45, 7) is 1.85. The Hall–Kier alpha value is -1.82. The van der Waals surface area contributed by atoms with Crippen molar-refractivity contribution < 1.29 is 0 Å². The summed E-state index contributed by atoms with van der Waals surface area (Å²) in [5, 5.41) is 2.54. The van der Waals surface area contributed by atoms with E-state index in [1.165, 1.54) is 16.3 Å². The Morgan fingerprint density at radius 1 is 1.17 bits per heavy atom. The van der Waals surface area contributed by atoms with Gasteiger partial charge in [0.1, 0.15) is 0 Å². The highest BCUT2D eigenvalue weighted by Gasteiger charge is 2.06. The van der Waals surface area contributed by atoms with Crippen LogP contribution in [-0.4, -0.2) is 6.04 Å². The van der Waals surface area contributed by atoms with E-state index in [1.54, 1.807) is 0 Å².